The van der Waals surface area contributed by atoms with Crippen LogP contribution in [0, 0.1) is 0 Å². The van der Waals surface area contributed by atoms with Crippen molar-refractivity contribution in [1.82, 2.24) is 0 Å². The van der Waals surface area contributed by atoms with Crippen molar-refractivity contribution in [3.05, 3.63) is 0 Å². The molecule has 2 unspecified atom stereocenters. The Morgan fingerprint density at radius 3 is 2.55 bits per heavy atom. The maximum Gasteiger partial charge on any atom is 0.180 e. The molecule has 0 aromatic carbocycles. The van der Waals surface area contributed by atoms with Crippen molar-refractivity contribution in [3.8, 4) is 0 Å². The number of rotatable bonds is 6. The van der Waals surface area contributed by atoms with Crippen LogP contribution in [0.25, 0.3) is 0 Å². The minimum atomic E-state index is -0.799. The number of methoxy groups -OCH3 is 1. The molecule has 0 amide bonds. The SMILES string of the molecule is CCCCOC(C)C(O)OC. The van der Waals surface area contributed by atoms with E-state index in [1.807, 2.05) is 0 Å². The first-order chi connectivity index (χ1) is 5.22. The summed E-state index contributed by atoms with van der Waals surface area (Å²) < 4.78 is 9.93. The standard InChI is InChI=1S/C8H18O3/c1-4-5-6-11-7(2)8(9)10-3/h7-9H,4-6H2,1-3H3. The molecule has 0 spiro atoms. The van der Waals surface area contributed by atoms with Crippen LogP contribution in [-0.2, 0) is 9.47 Å². The van der Waals surface area contributed by atoms with Gasteiger partial charge in [-0.1, -0.05) is 13.3 Å². The summed E-state index contributed by atoms with van der Waals surface area (Å²) in [5.41, 5.74) is 0. The summed E-state index contributed by atoms with van der Waals surface area (Å²) in [5, 5.41) is 9.08. The summed E-state index contributed by atoms with van der Waals surface area (Å²) in [6, 6.07) is 0. The zero-order chi connectivity index (χ0) is 8.69. The van der Waals surface area contributed by atoms with E-state index in [0.717, 1.165) is 12.8 Å². The van der Waals surface area contributed by atoms with Gasteiger partial charge in [-0.3, -0.25) is 0 Å². The largest absolute Gasteiger partial charge is 0.373 e. The molecule has 0 fully saturated rings. The second kappa shape index (κ2) is 6.58. The highest BCUT2D eigenvalue weighted by molar-refractivity contribution is 4.51. The molecular weight excluding hydrogens is 144 g/mol. The minimum Gasteiger partial charge on any atom is -0.373 e. The molecule has 68 valence electrons. The molecule has 3 heteroatoms. The molecule has 0 aromatic heterocycles. The first kappa shape index (κ1) is 10.9. The van der Waals surface area contributed by atoms with Gasteiger partial charge in [-0.2, -0.15) is 0 Å². The first-order valence-electron chi connectivity index (χ1n) is 4.04. The van der Waals surface area contributed by atoms with Crippen molar-refractivity contribution < 1.29 is 14.6 Å². The summed E-state index contributed by atoms with van der Waals surface area (Å²) in [6.45, 7) is 4.59. The molecule has 0 bridgehead atoms. The molecule has 0 aliphatic heterocycles. The minimum absolute atomic E-state index is 0.230. The number of hydrogen-bond acceptors (Lipinski definition) is 3. The smallest absolute Gasteiger partial charge is 0.180 e. The predicted octanol–water partition coefficient (Wildman–Crippen LogP) is 1.16. The van der Waals surface area contributed by atoms with E-state index in [0.29, 0.717) is 6.61 Å². The third-order valence-electron chi connectivity index (χ3n) is 1.52. The lowest BCUT2D eigenvalue weighted by Gasteiger charge is -2.17. The lowest BCUT2D eigenvalue weighted by atomic mass is 10.3. The van der Waals surface area contributed by atoms with Gasteiger partial charge in [0, 0.05) is 13.7 Å². The molecule has 11 heavy (non-hydrogen) atoms. The van der Waals surface area contributed by atoms with Crippen molar-refractivity contribution in [1.29, 1.82) is 0 Å². The van der Waals surface area contributed by atoms with Crippen molar-refractivity contribution in [3.63, 3.8) is 0 Å². The Bertz CT molecular complexity index is 85.4. The fraction of sp³-hybridized carbons (Fsp3) is 1.00. The Balaban J connectivity index is 3.28. The maximum atomic E-state index is 9.08. The molecule has 0 aliphatic carbocycles. The Kier molecular flexibility index (Phi) is 6.51. The van der Waals surface area contributed by atoms with Crippen LogP contribution in [0.3, 0.4) is 0 Å². The third kappa shape index (κ3) is 5.18. The molecule has 1 N–H and O–H groups in total. The highest BCUT2D eigenvalue weighted by Crippen LogP contribution is 2.00. The van der Waals surface area contributed by atoms with Gasteiger partial charge in [-0.25, -0.2) is 0 Å². The molecule has 0 radical (unpaired) electrons. The molecule has 0 aliphatic rings. The molecule has 3 nitrogen and oxygen atoms in total. The fourth-order valence-electron chi connectivity index (χ4n) is 0.688. The van der Waals surface area contributed by atoms with Gasteiger partial charge in [0.15, 0.2) is 6.29 Å². The van der Waals surface area contributed by atoms with E-state index in [2.05, 4.69) is 11.7 Å². The van der Waals surface area contributed by atoms with Gasteiger partial charge < -0.3 is 14.6 Å². The Morgan fingerprint density at radius 1 is 1.45 bits per heavy atom. The first-order valence-corrected chi connectivity index (χ1v) is 4.04. The van der Waals surface area contributed by atoms with Crippen molar-refractivity contribution in [2.24, 2.45) is 0 Å². The number of ether oxygens (including phenoxy) is 2. The number of unbranched alkanes of at least 4 members (excludes halogenated alkanes) is 1. The van der Waals surface area contributed by atoms with E-state index in [-0.39, 0.29) is 6.10 Å². The van der Waals surface area contributed by atoms with Gasteiger partial charge in [-0.15, -0.1) is 0 Å². The molecule has 0 heterocycles. The summed E-state index contributed by atoms with van der Waals surface area (Å²) in [4.78, 5) is 0. The zero-order valence-corrected chi connectivity index (χ0v) is 7.54. The quantitative estimate of drug-likeness (QED) is 0.470. The number of hydrogen-bond donors (Lipinski definition) is 1. The third-order valence-corrected chi connectivity index (χ3v) is 1.52. The molecule has 0 saturated carbocycles. The van der Waals surface area contributed by atoms with E-state index < -0.39 is 6.29 Å². The molecule has 0 rings (SSSR count). The van der Waals surface area contributed by atoms with Crippen LogP contribution >= 0.6 is 0 Å². The average Bonchev–Trinajstić information content (AvgIpc) is 2.03. The summed E-state index contributed by atoms with van der Waals surface area (Å²) in [7, 11) is 1.46. The van der Waals surface area contributed by atoms with Gasteiger partial charge >= 0.3 is 0 Å². The van der Waals surface area contributed by atoms with Crippen LogP contribution in [0.2, 0.25) is 0 Å². The highest BCUT2D eigenvalue weighted by atomic mass is 16.6. The Morgan fingerprint density at radius 2 is 2.09 bits per heavy atom. The molecule has 2 atom stereocenters. The van der Waals surface area contributed by atoms with Gasteiger partial charge in [0.05, 0.1) is 0 Å². The number of aliphatic hydroxyl groups excluding tert-OH is 1. The predicted molar refractivity (Wildman–Crippen MR) is 43.3 cm³/mol. The van der Waals surface area contributed by atoms with Gasteiger partial charge in [-0.05, 0) is 13.3 Å². The summed E-state index contributed by atoms with van der Waals surface area (Å²) >= 11 is 0. The molecule has 0 aromatic rings. The Labute approximate surface area is 68.3 Å². The number of aliphatic hydroxyl groups is 1. The van der Waals surface area contributed by atoms with E-state index in [1.54, 1.807) is 6.92 Å². The van der Waals surface area contributed by atoms with Gasteiger partial charge in [0.2, 0.25) is 0 Å². The summed E-state index contributed by atoms with van der Waals surface area (Å²) in [5.74, 6) is 0. The normalized spacial score (nSPS) is 16.4. The lowest BCUT2D eigenvalue weighted by Crippen LogP contribution is -2.27. The van der Waals surface area contributed by atoms with E-state index in [9.17, 15) is 0 Å². The molecular formula is C8H18O3. The monoisotopic (exact) mass is 162 g/mol. The van der Waals surface area contributed by atoms with Crippen LogP contribution in [0.5, 0.6) is 0 Å². The van der Waals surface area contributed by atoms with Crippen molar-refractivity contribution >= 4 is 0 Å². The molecule has 0 saturated heterocycles. The van der Waals surface area contributed by atoms with Gasteiger partial charge in [0.25, 0.3) is 0 Å². The second-order valence-corrected chi connectivity index (χ2v) is 2.56. The lowest BCUT2D eigenvalue weighted by molar-refractivity contribution is -0.157. The Hall–Kier alpha value is -0.120. The van der Waals surface area contributed by atoms with E-state index in [4.69, 9.17) is 9.84 Å². The summed E-state index contributed by atoms with van der Waals surface area (Å²) in [6.07, 6.45) is 1.11. The maximum absolute atomic E-state index is 9.08. The average molecular weight is 162 g/mol. The van der Waals surface area contributed by atoms with Crippen molar-refractivity contribution in [2.45, 2.75) is 39.1 Å². The van der Waals surface area contributed by atoms with Crippen LogP contribution < -0.4 is 0 Å². The van der Waals surface area contributed by atoms with Crippen LogP contribution in [-0.4, -0.2) is 31.2 Å². The van der Waals surface area contributed by atoms with E-state index >= 15 is 0 Å². The van der Waals surface area contributed by atoms with Crippen molar-refractivity contribution in [2.75, 3.05) is 13.7 Å². The topological polar surface area (TPSA) is 38.7 Å². The second-order valence-electron chi connectivity index (χ2n) is 2.56. The zero-order valence-electron chi connectivity index (χ0n) is 7.54. The van der Waals surface area contributed by atoms with Crippen LogP contribution in [0.4, 0.5) is 0 Å². The van der Waals surface area contributed by atoms with E-state index in [1.165, 1.54) is 7.11 Å². The van der Waals surface area contributed by atoms with Crippen LogP contribution in [0.1, 0.15) is 26.7 Å². The fourth-order valence-corrected chi connectivity index (χ4v) is 0.688. The highest BCUT2D eigenvalue weighted by Gasteiger charge is 2.12. The van der Waals surface area contributed by atoms with Crippen LogP contribution in [0.15, 0.2) is 0 Å². The van der Waals surface area contributed by atoms with Gasteiger partial charge in [0.1, 0.15) is 6.10 Å².